The molecular formula is C53H33N3O. The van der Waals surface area contributed by atoms with Crippen LogP contribution in [0.25, 0.3) is 111 Å². The molecule has 0 amide bonds. The second kappa shape index (κ2) is 13.6. The van der Waals surface area contributed by atoms with E-state index in [1.165, 1.54) is 21.9 Å². The Morgan fingerprint density at radius 2 is 0.772 bits per heavy atom. The number of hydrogen-bond donors (Lipinski definition) is 0. The molecule has 0 unspecified atom stereocenters. The zero-order valence-electron chi connectivity index (χ0n) is 30.8. The Morgan fingerprint density at radius 3 is 1.54 bits per heavy atom. The Morgan fingerprint density at radius 1 is 0.281 bits per heavy atom. The summed E-state index contributed by atoms with van der Waals surface area (Å²) in [6, 6.07) is 69.8. The number of furan rings is 1. The van der Waals surface area contributed by atoms with Gasteiger partial charge >= 0.3 is 0 Å². The van der Waals surface area contributed by atoms with Crippen molar-refractivity contribution >= 4 is 43.5 Å². The molecule has 9 aromatic carbocycles. The number of rotatable bonds is 6. The minimum absolute atomic E-state index is 0.584. The van der Waals surface area contributed by atoms with Crippen molar-refractivity contribution in [2.24, 2.45) is 0 Å². The summed E-state index contributed by atoms with van der Waals surface area (Å²) in [4.78, 5) is 15.9. The summed E-state index contributed by atoms with van der Waals surface area (Å²) in [6.07, 6.45) is 0. The van der Waals surface area contributed by atoms with Crippen LogP contribution in [0.5, 0.6) is 0 Å². The molecule has 0 aliphatic rings. The van der Waals surface area contributed by atoms with E-state index in [9.17, 15) is 0 Å². The van der Waals surface area contributed by atoms with Crippen molar-refractivity contribution < 1.29 is 4.42 Å². The van der Waals surface area contributed by atoms with Crippen LogP contribution >= 0.6 is 0 Å². The molecule has 0 bridgehead atoms. The summed E-state index contributed by atoms with van der Waals surface area (Å²) in [6.45, 7) is 0. The molecular weight excluding hydrogens is 695 g/mol. The number of fused-ring (bicyclic) bond motifs is 5. The second-order valence-electron chi connectivity index (χ2n) is 14.3. The highest BCUT2D eigenvalue weighted by atomic mass is 16.3. The van der Waals surface area contributed by atoms with E-state index >= 15 is 0 Å². The van der Waals surface area contributed by atoms with E-state index in [-0.39, 0.29) is 0 Å². The number of nitrogens with zero attached hydrogens (tertiary/aromatic N) is 3. The molecule has 0 atom stereocenters. The minimum Gasteiger partial charge on any atom is -0.455 e. The van der Waals surface area contributed by atoms with Gasteiger partial charge in [-0.25, -0.2) is 15.0 Å². The highest BCUT2D eigenvalue weighted by molar-refractivity contribution is 6.16. The molecule has 0 aliphatic heterocycles. The van der Waals surface area contributed by atoms with Crippen LogP contribution in [0.1, 0.15) is 0 Å². The van der Waals surface area contributed by atoms with Crippen molar-refractivity contribution in [1.29, 1.82) is 0 Å². The third kappa shape index (κ3) is 5.66. The normalized spacial score (nSPS) is 11.5. The lowest BCUT2D eigenvalue weighted by Crippen LogP contribution is -2.01. The zero-order chi connectivity index (χ0) is 37.7. The molecule has 266 valence electrons. The Kier molecular flexibility index (Phi) is 7.78. The van der Waals surface area contributed by atoms with E-state index in [0.29, 0.717) is 17.5 Å². The Bertz CT molecular complexity index is 3270. The quantitative estimate of drug-likeness (QED) is 0.171. The lowest BCUT2D eigenvalue weighted by atomic mass is 9.92. The molecule has 0 saturated heterocycles. The molecule has 0 fully saturated rings. The number of hydrogen-bond acceptors (Lipinski definition) is 4. The molecule has 2 aromatic heterocycles. The maximum absolute atomic E-state index is 6.66. The van der Waals surface area contributed by atoms with Crippen LogP contribution < -0.4 is 0 Å². The van der Waals surface area contributed by atoms with Crippen molar-refractivity contribution in [1.82, 2.24) is 15.0 Å². The Hall–Kier alpha value is -7.69. The van der Waals surface area contributed by atoms with Crippen molar-refractivity contribution in [3.63, 3.8) is 0 Å². The fourth-order valence-corrected chi connectivity index (χ4v) is 8.25. The predicted octanol–water partition coefficient (Wildman–Crippen LogP) is 14.1. The summed E-state index contributed by atoms with van der Waals surface area (Å²) >= 11 is 0. The lowest BCUT2D eigenvalue weighted by Gasteiger charge is -2.14. The molecule has 11 aromatic rings. The highest BCUT2D eigenvalue weighted by Gasteiger charge is 2.21. The fraction of sp³-hybridized carbons (Fsp3) is 0. The first-order chi connectivity index (χ1) is 28.3. The van der Waals surface area contributed by atoms with Crippen LogP contribution in [0.2, 0.25) is 0 Å². The summed E-state index contributed by atoms with van der Waals surface area (Å²) in [5.41, 5.74) is 11.1. The molecule has 0 N–H and O–H groups in total. The summed E-state index contributed by atoms with van der Waals surface area (Å²) in [5.74, 6) is 1.79. The van der Waals surface area contributed by atoms with E-state index in [0.717, 1.165) is 71.7 Å². The van der Waals surface area contributed by atoms with Crippen LogP contribution in [0.3, 0.4) is 0 Å². The molecule has 11 rings (SSSR count). The number of benzene rings is 9. The minimum atomic E-state index is 0.584. The van der Waals surface area contributed by atoms with Gasteiger partial charge in [0.25, 0.3) is 0 Å². The highest BCUT2D eigenvalue weighted by Crippen LogP contribution is 2.42. The second-order valence-corrected chi connectivity index (χ2v) is 14.3. The molecule has 4 heteroatoms. The van der Waals surface area contributed by atoms with Gasteiger partial charge in [0, 0.05) is 33.0 Å². The van der Waals surface area contributed by atoms with Gasteiger partial charge in [-0.3, -0.25) is 0 Å². The zero-order valence-corrected chi connectivity index (χ0v) is 30.8. The number of para-hydroxylation sites is 1. The average Bonchev–Trinajstić information content (AvgIpc) is 3.68. The van der Waals surface area contributed by atoms with Gasteiger partial charge in [0.05, 0.1) is 0 Å². The van der Waals surface area contributed by atoms with E-state index in [1.807, 2.05) is 24.3 Å². The molecule has 0 saturated carbocycles. The van der Waals surface area contributed by atoms with Gasteiger partial charge in [-0.15, -0.1) is 0 Å². The molecule has 0 spiro atoms. The van der Waals surface area contributed by atoms with E-state index in [1.54, 1.807) is 0 Å². The monoisotopic (exact) mass is 727 g/mol. The molecule has 2 heterocycles. The van der Waals surface area contributed by atoms with Crippen LogP contribution in [-0.4, -0.2) is 15.0 Å². The molecule has 57 heavy (non-hydrogen) atoms. The third-order valence-corrected chi connectivity index (χ3v) is 11.0. The SMILES string of the molecule is c1ccc(-c2ccc(-c3nc(-c4cccc5c(-c6cccc7ccccc67)cccc45)nc(-c4ccc(-c5ccccc5)c5oc6ccccc6c45)n3)cc2)cc1. The summed E-state index contributed by atoms with van der Waals surface area (Å²) in [7, 11) is 0. The van der Waals surface area contributed by atoms with Crippen molar-refractivity contribution in [3.05, 3.63) is 200 Å². The van der Waals surface area contributed by atoms with E-state index in [4.69, 9.17) is 19.4 Å². The van der Waals surface area contributed by atoms with Gasteiger partial charge in [0.2, 0.25) is 0 Å². The predicted molar refractivity (Wildman–Crippen MR) is 235 cm³/mol. The Labute approximate surface area is 329 Å². The molecule has 4 nitrogen and oxygen atoms in total. The van der Waals surface area contributed by atoms with Crippen LogP contribution in [-0.2, 0) is 0 Å². The summed E-state index contributed by atoms with van der Waals surface area (Å²) < 4.78 is 6.66. The first kappa shape index (κ1) is 32.7. The van der Waals surface area contributed by atoms with E-state index in [2.05, 4.69) is 176 Å². The van der Waals surface area contributed by atoms with Gasteiger partial charge in [0.15, 0.2) is 17.5 Å². The van der Waals surface area contributed by atoms with Crippen molar-refractivity contribution in [2.75, 3.05) is 0 Å². The van der Waals surface area contributed by atoms with Crippen LogP contribution in [0.15, 0.2) is 205 Å². The smallest absolute Gasteiger partial charge is 0.164 e. The van der Waals surface area contributed by atoms with Gasteiger partial charge < -0.3 is 4.42 Å². The largest absolute Gasteiger partial charge is 0.455 e. The van der Waals surface area contributed by atoms with Gasteiger partial charge in [-0.05, 0) is 67.6 Å². The standard InChI is InChI=1S/C53H33N3O/c1-3-14-34(15-4-1)35-28-30-38(31-29-35)51-54-52(45-26-13-24-43-42(23-12-25-44(43)45)41-22-11-19-36-18-7-8-20-39(36)41)56-53(55-51)47-33-32-40(37-16-5-2-6-17-37)50-49(47)46-21-9-10-27-48(46)57-50/h1-33H. The molecule has 0 aliphatic carbocycles. The summed E-state index contributed by atoms with van der Waals surface area (Å²) in [5, 5.41) is 6.63. The Balaban J connectivity index is 1.15. The van der Waals surface area contributed by atoms with Crippen molar-refractivity contribution in [3.8, 4) is 67.5 Å². The topological polar surface area (TPSA) is 51.8 Å². The first-order valence-electron chi connectivity index (χ1n) is 19.2. The van der Waals surface area contributed by atoms with Crippen molar-refractivity contribution in [2.45, 2.75) is 0 Å². The van der Waals surface area contributed by atoms with Gasteiger partial charge in [-0.2, -0.15) is 0 Å². The third-order valence-electron chi connectivity index (χ3n) is 11.0. The lowest BCUT2D eigenvalue weighted by molar-refractivity contribution is 0.670. The van der Waals surface area contributed by atoms with Gasteiger partial charge in [-0.1, -0.05) is 182 Å². The fourth-order valence-electron chi connectivity index (χ4n) is 8.25. The van der Waals surface area contributed by atoms with Gasteiger partial charge in [0.1, 0.15) is 11.2 Å². The average molecular weight is 728 g/mol. The maximum Gasteiger partial charge on any atom is 0.164 e. The maximum atomic E-state index is 6.66. The molecule has 0 radical (unpaired) electrons. The number of aromatic nitrogens is 3. The first-order valence-corrected chi connectivity index (χ1v) is 19.2. The van der Waals surface area contributed by atoms with E-state index < -0.39 is 0 Å². The van der Waals surface area contributed by atoms with Crippen LogP contribution in [0, 0.1) is 0 Å². The van der Waals surface area contributed by atoms with Crippen LogP contribution in [0.4, 0.5) is 0 Å².